The van der Waals surface area contributed by atoms with E-state index in [-0.39, 0.29) is 24.3 Å². The zero-order valence-corrected chi connectivity index (χ0v) is 25.5. The van der Waals surface area contributed by atoms with Crippen LogP contribution in [0.15, 0.2) is 65.2 Å². The molecule has 7 nitrogen and oxygen atoms in total. The van der Waals surface area contributed by atoms with E-state index in [0.717, 1.165) is 46.6 Å². The minimum Gasteiger partial charge on any atom is -0.464 e. The molecule has 2 aromatic carbocycles. The lowest BCUT2D eigenvalue weighted by Gasteiger charge is -2.32. The topological polar surface area (TPSA) is 76.7 Å². The number of piperidine rings is 1. The molecule has 1 aliphatic heterocycles. The average molecular weight is 570 g/mol. The Labute approximate surface area is 248 Å². The number of benzene rings is 2. The van der Waals surface area contributed by atoms with Gasteiger partial charge in [-0.25, -0.2) is 0 Å². The molecule has 4 aromatic rings. The summed E-state index contributed by atoms with van der Waals surface area (Å²) in [5.74, 6) is 1.27. The van der Waals surface area contributed by atoms with Crippen molar-refractivity contribution in [2.45, 2.75) is 84.9 Å². The second-order valence-corrected chi connectivity index (χ2v) is 12.5. The van der Waals surface area contributed by atoms with E-state index in [4.69, 9.17) is 9.15 Å². The summed E-state index contributed by atoms with van der Waals surface area (Å²) in [5, 5.41) is 4.33. The van der Waals surface area contributed by atoms with Crippen LogP contribution in [0.25, 0.3) is 10.9 Å². The minimum atomic E-state index is -0.491. The average Bonchev–Trinajstić information content (AvgIpc) is 3.56. The molecule has 3 heterocycles. The van der Waals surface area contributed by atoms with Crippen molar-refractivity contribution in [3.8, 4) is 0 Å². The predicted molar refractivity (Wildman–Crippen MR) is 167 cm³/mol. The van der Waals surface area contributed by atoms with Crippen molar-refractivity contribution in [2.24, 2.45) is 0 Å². The Bertz CT molecular complexity index is 1550. The summed E-state index contributed by atoms with van der Waals surface area (Å²) in [7, 11) is 0. The number of hydrogen-bond donors (Lipinski definition) is 1. The third-order valence-corrected chi connectivity index (χ3v) is 7.72. The highest BCUT2D eigenvalue weighted by atomic mass is 16.6. The molecule has 222 valence electrons. The van der Waals surface area contributed by atoms with Crippen LogP contribution in [0.5, 0.6) is 0 Å². The highest BCUT2D eigenvalue weighted by molar-refractivity contribution is 5.85. The number of nitrogens with one attached hydrogen (secondary N) is 1. The summed E-state index contributed by atoms with van der Waals surface area (Å²) in [5.41, 5.74) is 4.89. The lowest BCUT2D eigenvalue weighted by atomic mass is 9.97. The molecule has 1 N–H and O–H groups in total. The molecule has 1 aliphatic rings. The Balaban J connectivity index is 1.33. The number of esters is 1. The number of furan rings is 1. The van der Waals surface area contributed by atoms with E-state index in [9.17, 15) is 9.59 Å². The van der Waals surface area contributed by atoms with Gasteiger partial charge in [0.15, 0.2) is 0 Å². The van der Waals surface area contributed by atoms with E-state index in [1.807, 2.05) is 64.2 Å². The number of rotatable bonds is 9. The lowest BCUT2D eigenvalue weighted by molar-refractivity contribution is -0.155. The zero-order chi connectivity index (χ0) is 29.9. The molecule has 1 unspecified atom stereocenters. The number of ether oxygens (including phenoxy) is 1. The first-order valence-corrected chi connectivity index (χ1v) is 15.1. The van der Waals surface area contributed by atoms with Gasteiger partial charge in [0.25, 0.3) is 0 Å². The van der Waals surface area contributed by atoms with E-state index < -0.39 is 5.60 Å². The fourth-order valence-electron chi connectivity index (χ4n) is 5.77. The largest absolute Gasteiger partial charge is 0.464 e. The maximum Gasteiger partial charge on any atom is 0.308 e. The first-order chi connectivity index (χ1) is 20.1. The fraction of sp³-hybridized carbons (Fsp3) is 0.429. The first-order valence-electron chi connectivity index (χ1n) is 15.1. The number of fused-ring (bicyclic) bond motifs is 1. The van der Waals surface area contributed by atoms with Gasteiger partial charge in [-0.1, -0.05) is 18.2 Å². The van der Waals surface area contributed by atoms with E-state index in [2.05, 4.69) is 46.0 Å². The van der Waals surface area contributed by atoms with Crippen LogP contribution in [-0.4, -0.2) is 35.1 Å². The molecule has 5 rings (SSSR count). The summed E-state index contributed by atoms with van der Waals surface area (Å²) >= 11 is 0. The quantitative estimate of drug-likeness (QED) is 0.219. The Kier molecular flexibility index (Phi) is 8.76. The van der Waals surface area contributed by atoms with Gasteiger partial charge < -0.3 is 23.9 Å². The van der Waals surface area contributed by atoms with Gasteiger partial charge in [0.05, 0.1) is 12.8 Å². The summed E-state index contributed by atoms with van der Waals surface area (Å²) in [6, 6.07) is 18.1. The molecular weight excluding hydrogens is 526 g/mol. The number of anilines is 1. The van der Waals surface area contributed by atoms with Gasteiger partial charge >= 0.3 is 5.97 Å². The van der Waals surface area contributed by atoms with Crippen molar-refractivity contribution >= 4 is 28.5 Å². The van der Waals surface area contributed by atoms with Crippen molar-refractivity contribution in [3.63, 3.8) is 0 Å². The molecule has 0 bridgehead atoms. The molecule has 0 spiro atoms. The molecule has 2 aromatic heterocycles. The van der Waals surface area contributed by atoms with Crippen LogP contribution in [0, 0.1) is 13.8 Å². The van der Waals surface area contributed by atoms with Crippen LogP contribution in [0.1, 0.15) is 80.7 Å². The number of aryl methyl sites for hydroxylation is 3. The van der Waals surface area contributed by atoms with Gasteiger partial charge in [0.1, 0.15) is 23.2 Å². The second-order valence-electron chi connectivity index (χ2n) is 12.5. The molecule has 0 radical (unpaired) electrons. The molecule has 1 amide bonds. The van der Waals surface area contributed by atoms with E-state index in [1.54, 1.807) is 0 Å². The minimum absolute atomic E-state index is 0.0667. The monoisotopic (exact) mass is 569 g/mol. The normalized spacial score (nSPS) is 14.6. The first kappa shape index (κ1) is 29.5. The van der Waals surface area contributed by atoms with Crippen LogP contribution >= 0.6 is 0 Å². The van der Waals surface area contributed by atoms with Gasteiger partial charge in [-0.05, 0) is 107 Å². The molecule has 1 saturated heterocycles. The van der Waals surface area contributed by atoms with Crippen LogP contribution in [-0.2, 0) is 27.3 Å². The Hall–Kier alpha value is -4.00. The highest BCUT2D eigenvalue weighted by Crippen LogP contribution is 2.34. The zero-order valence-electron chi connectivity index (χ0n) is 25.5. The van der Waals surface area contributed by atoms with Crippen LogP contribution < -0.4 is 10.2 Å². The molecule has 0 saturated carbocycles. The second kappa shape index (κ2) is 12.5. The molecule has 0 aliphatic carbocycles. The highest BCUT2D eigenvalue weighted by Gasteiger charge is 2.26. The van der Waals surface area contributed by atoms with Crippen LogP contribution in [0.3, 0.4) is 0 Å². The third-order valence-electron chi connectivity index (χ3n) is 7.72. The predicted octanol–water partition coefficient (Wildman–Crippen LogP) is 7.02. The van der Waals surface area contributed by atoms with E-state index >= 15 is 0 Å². The van der Waals surface area contributed by atoms with Crippen molar-refractivity contribution < 1.29 is 18.7 Å². The van der Waals surface area contributed by atoms with Gasteiger partial charge in [-0.3, -0.25) is 9.59 Å². The maximum atomic E-state index is 13.5. The smallest absolute Gasteiger partial charge is 0.308 e. The summed E-state index contributed by atoms with van der Waals surface area (Å²) in [4.78, 5) is 28.2. The summed E-state index contributed by atoms with van der Waals surface area (Å²) in [6.07, 6.45) is 6.14. The Morgan fingerprint density at radius 1 is 0.976 bits per heavy atom. The van der Waals surface area contributed by atoms with Crippen molar-refractivity contribution in [1.29, 1.82) is 0 Å². The number of carbonyl (C=O) groups is 2. The van der Waals surface area contributed by atoms with Crippen molar-refractivity contribution in [1.82, 2.24) is 9.88 Å². The molecular formula is C35H43N3O4. The molecule has 1 fully saturated rings. The van der Waals surface area contributed by atoms with E-state index in [0.29, 0.717) is 13.0 Å². The van der Waals surface area contributed by atoms with Crippen LogP contribution in [0.2, 0.25) is 0 Å². The Morgan fingerprint density at radius 3 is 2.48 bits per heavy atom. The number of hydrogen-bond acceptors (Lipinski definition) is 5. The number of carbonyl (C=O) groups excluding carboxylic acids is 2. The molecule has 42 heavy (non-hydrogen) atoms. The molecule has 7 heteroatoms. The lowest BCUT2D eigenvalue weighted by Crippen LogP contribution is -2.34. The van der Waals surface area contributed by atoms with Gasteiger partial charge in [0.2, 0.25) is 5.91 Å². The van der Waals surface area contributed by atoms with Gasteiger partial charge in [-0.2, -0.15) is 0 Å². The molecule has 1 atom stereocenters. The van der Waals surface area contributed by atoms with Crippen molar-refractivity contribution in [3.05, 3.63) is 89.0 Å². The summed E-state index contributed by atoms with van der Waals surface area (Å²) < 4.78 is 13.6. The van der Waals surface area contributed by atoms with Gasteiger partial charge in [0, 0.05) is 42.6 Å². The number of nitrogens with zero attached hydrogens (tertiary/aromatic N) is 2. The van der Waals surface area contributed by atoms with E-state index in [1.165, 1.54) is 30.5 Å². The van der Waals surface area contributed by atoms with Crippen molar-refractivity contribution in [2.75, 3.05) is 18.0 Å². The van der Waals surface area contributed by atoms with Gasteiger partial charge in [-0.15, -0.1) is 0 Å². The number of amides is 1. The SMILES string of the molecule is Cc1ccc(C(NC(=O)Cc2ccc3c(ccn3CCC(=O)OC(C)(C)C)c2)c2ccc(C)o2)c(N2CCCCC2)c1. The fourth-order valence-corrected chi connectivity index (χ4v) is 5.77. The standard InChI is InChI=1S/C35H43N3O4/c1-24-9-12-28(30(21-24)37-17-7-6-8-18-37)34(31-14-10-25(2)41-31)36-32(39)23-26-11-13-29-27(22-26)15-19-38(29)20-16-33(40)42-35(3,4)5/h9-15,19,21-22,34H,6-8,16-18,20,23H2,1-5H3,(H,36,39). The van der Waals surface area contributed by atoms with Crippen LogP contribution in [0.4, 0.5) is 5.69 Å². The third kappa shape index (κ3) is 7.25. The number of aromatic nitrogens is 1. The maximum absolute atomic E-state index is 13.5. The summed E-state index contributed by atoms with van der Waals surface area (Å²) in [6.45, 7) is 12.2. The Morgan fingerprint density at radius 2 is 1.76 bits per heavy atom.